The lowest BCUT2D eigenvalue weighted by atomic mass is 10.1. The third kappa shape index (κ3) is 1.84. The normalized spacial score (nSPS) is 10.7. The number of rotatable bonds is 1. The molecule has 0 N–H and O–H groups in total. The topological polar surface area (TPSA) is 47.3 Å². The molecule has 0 aliphatic carbocycles. The fourth-order valence-electron chi connectivity index (χ4n) is 1.39. The van der Waals surface area contributed by atoms with E-state index in [2.05, 4.69) is 0 Å². The smallest absolute Gasteiger partial charge is 0.347 e. The van der Waals surface area contributed by atoms with Gasteiger partial charge in [-0.2, -0.15) is 0 Å². The highest BCUT2D eigenvalue weighted by atomic mass is 35.5. The van der Waals surface area contributed by atoms with E-state index in [-0.39, 0.29) is 16.9 Å². The maximum Gasteiger partial charge on any atom is 0.347 e. The van der Waals surface area contributed by atoms with Crippen LogP contribution in [0.4, 0.5) is 0 Å². The Kier molecular flexibility index (Phi) is 2.74. The summed E-state index contributed by atoms with van der Waals surface area (Å²) in [6.07, 6.45) is 0. The number of carbonyl (C=O) groups is 1. The standard InChI is InChI=1S/C11H6Cl2O3/c1-5(14)7-4-8-9(13)2-6(12)3-10(8)16-11(7)15/h2-4H,1H3. The molecule has 1 heterocycles. The van der Waals surface area contributed by atoms with Crippen molar-refractivity contribution in [3.63, 3.8) is 0 Å². The highest BCUT2D eigenvalue weighted by Gasteiger charge is 2.11. The Bertz CT molecular complexity index is 643. The second-order valence-corrected chi connectivity index (χ2v) is 4.15. The summed E-state index contributed by atoms with van der Waals surface area (Å²) in [7, 11) is 0. The minimum Gasteiger partial charge on any atom is -0.422 e. The molecule has 0 atom stereocenters. The average molecular weight is 257 g/mol. The number of ketones is 1. The van der Waals surface area contributed by atoms with E-state index in [9.17, 15) is 9.59 Å². The zero-order chi connectivity index (χ0) is 11.9. The number of benzene rings is 1. The molecular weight excluding hydrogens is 251 g/mol. The van der Waals surface area contributed by atoms with Gasteiger partial charge in [0.15, 0.2) is 5.78 Å². The molecule has 0 unspecified atom stereocenters. The van der Waals surface area contributed by atoms with E-state index in [1.54, 1.807) is 0 Å². The van der Waals surface area contributed by atoms with Crippen molar-refractivity contribution in [3.8, 4) is 0 Å². The fourth-order valence-corrected chi connectivity index (χ4v) is 1.92. The third-order valence-corrected chi connectivity index (χ3v) is 2.68. The number of hydrogen-bond acceptors (Lipinski definition) is 3. The number of hydrogen-bond donors (Lipinski definition) is 0. The van der Waals surface area contributed by atoms with Crippen molar-refractivity contribution in [1.29, 1.82) is 0 Å². The molecule has 5 heteroatoms. The molecule has 0 fully saturated rings. The van der Waals surface area contributed by atoms with Crippen LogP contribution in [0, 0.1) is 0 Å². The van der Waals surface area contributed by atoms with Crippen molar-refractivity contribution in [2.75, 3.05) is 0 Å². The Hall–Kier alpha value is -1.32. The van der Waals surface area contributed by atoms with Crippen LogP contribution in [0.25, 0.3) is 11.0 Å². The molecule has 3 nitrogen and oxygen atoms in total. The maximum atomic E-state index is 11.4. The van der Waals surface area contributed by atoms with E-state index in [1.165, 1.54) is 25.1 Å². The Morgan fingerprint density at radius 2 is 1.94 bits per heavy atom. The summed E-state index contributed by atoms with van der Waals surface area (Å²) in [5.74, 6) is -0.360. The van der Waals surface area contributed by atoms with Gasteiger partial charge in [-0.25, -0.2) is 4.79 Å². The van der Waals surface area contributed by atoms with Gasteiger partial charge in [-0.3, -0.25) is 4.79 Å². The van der Waals surface area contributed by atoms with E-state index in [0.29, 0.717) is 15.4 Å². The van der Waals surface area contributed by atoms with Crippen LogP contribution in [0.2, 0.25) is 10.0 Å². The van der Waals surface area contributed by atoms with Crippen molar-refractivity contribution in [1.82, 2.24) is 0 Å². The van der Waals surface area contributed by atoms with Crippen LogP contribution in [0.3, 0.4) is 0 Å². The summed E-state index contributed by atoms with van der Waals surface area (Å²) in [4.78, 5) is 22.6. The lowest BCUT2D eigenvalue weighted by Crippen LogP contribution is -2.11. The Morgan fingerprint density at radius 1 is 1.25 bits per heavy atom. The van der Waals surface area contributed by atoms with Crippen LogP contribution < -0.4 is 5.63 Å². The number of fused-ring (bicyclic) bond motifs is 1. The molecule has 0 saturated carbocycles. The lowest BCUT2D eigenvalue weighted by molar-refractivity contribution is 0.101. The third-order valence-electron chi connectivity index (χ3n) is 2.15. The minimum absolute atomic E-state index is 0.0169. The highest BCUT2D eigenvalue weighted by molar-refractivity contribution is 6.38. The van der Waals surface area contributed by atoms with E-state index >= 15 is 0 Å². The second-order valence-electron chi connectivity index (χ2n) is 3.30. The number of Topliss-reactive ketones (excluding diaryl/α,β-unsaturated/α-hetero) is 1. The summed E-state index contributed by atoms with van der Waals surface area (Å²) in [6.45, 7) is 1.29. The van der Waals surface area contributed by atoms with Crippen molar-refractivity contribution in [3.05, 3.63) is 44.2 Å². The zero-order valence-electron chi connectivity index (χ0n) is 8.21. The first-order valence-electron chi connectivity index (χ1n) is 4.43. The zero-order valence-corrected chi connectivity index (χ0v) is 9.72. The lowest BCUT2D eigenvalue weighted by Gasteiger charge is -2.01. The molecule has 0 radical (unpaired) electrons. The van der Waals surface area contributed by atoms with Gasteiger partial charge in [-0.1, -0.05) is 23.2 Å². The van der Waals surface area contributed by atoms with Gasteiger partial charge in [0.1, 0.15) is 11.1 Å². The van der Waals surface area contributed by atoms with E-state index in [0.717, 1.165) is 0 Å². The molecule has 16 heavy (non-hydrogen) atoms. The molecule has 0 aliphatic rings. The monoisotopic (exact) mass is 256 g/mol. The van der Waals surface area contributed by atoms with Crippen molar-refractivity contribution in [2.24, 2.45) is 0 Å². The van der Waals surface area contributed by atoms with E-state index in [4.69, 9.17) is 27.6 Å². The predicted octanol–water partition coefficient (Wildman–Crippen LogP) is 3.30. The van der Waals surface area contributed by atoms with Crippen LogP contribution in [-0.2, 0) is 0 Å². The van der Waals surface area contributed by atoms with Crippen LogP contribution in [0.15, 0.2) is 27.4 Å². The van der Waals surface area contributed by atoms with Crippen LogP contribution in [0.5, 0.6) is 0 Å². The summed E-state index contributed by atoms with van der Waals surface area (Å²) in [5, 5.41) is 1.21. The Morgan fingerprint density at radius 3 is 2.56 bits per heavy atom. The first kappa shape index (κ1) is 11.2. The molecule has 0 saturated heterocycles. The van der Waals surface area contributed by atoms with Gasteiger partial charge in [0, 0.05) is 16.5 Å². The molecule has 0 aliphatic heterocycles. The molecule has 0 bridgehead atoms. The number of carbonyl (C=O) groups excluding carboxylic acids is 1. The Labute approximate surface area is 101 Å². The van der Waals surface area contributed by atoms with Gasteiger partial charge in [0.2, 0.25) is 0 Å². The van der Waals surface area contributed by atoms with Gasteiger partial charge < -0.3 is 4.42 Å². The average Bonchev–Trinajstić information content (AvgIpc) is 2.15. The van der Waals surface area contributed by atoms with Gasteiger partial charge in [0.05, 0.1) is 5.02 Å². The van der Waals surface area contributed by atoms with Crippen LogP contribution in [-0.4, -0.2) is 5.78 Å². The molecule has 0 amide bonds. The molecule has 1 aromatic heterocycles. The molecule has 2 rings (SSSR count). The van der Waals surface area contributed by atoms with Crippen LogP contribution in [0.1, 0.15) is 17.3 Å². The summed E-state index contributed by atoms with van der Waals surface area (Å²) in [5.41, 5.74) is -0.428. The molecule has 2 aromatic rings. The second kappa shape index (κ2) is 3.92. The maximum absolute atomic E-state index is 11.4. The van der Waals surface area contributed by atoms with Crippen molar-refractivity contribution in [2.45, 2.75) is 6.92 Å². The summed E-state index contributed by atoms with van der Waals surface area (Å²) < 4.78 is 4.97. The first-order chi connectivity index (χ1) is 7.49. The van der Waals surface area contributed by atoms with Gasteiger partial charge >= 0.3 is 5.63 Å². The van der Waals surface area contributed by atoms with Gasteiger partial charge in [-0.05, 0) is 19.1 Å². The van der Waals surface area contributed by atoms with E-state index in [1.807, 2.05) is 0 Å². The fraction of sp³-hybridized carbons (Fsp3) is 0.0909. The molecular formula is C11H6Cl2O3. The minimum atomic E-state index is -0.682. The van der Waals surface area contributed by atoms with Crippen molar-refractivity contribution < 1.29 is 9.21 Å². The van der Waals surface area contributed by atoms with Crippen LogP contribution >= 0.6 is 23.2 Å². The largest absolute Gasteiger partial charge is 0.422 e. The Balaban J connectivity index is 2.90. The SMILES string of the molecule is CC(=O)c1cc2c(Cl)cc(Cl)cc2oc1=O. The molecule has 1 aromatic carbocycles. The summed E-state index contributed by atoms with van der Waals surface area (Å²) >= 11 is 11.7. The molecule has 0 spiro atoms. The highest BCUT2D eigenvalue weighted by Crippen LogP contribution is 2.27. The number of halogens is 2. The predicted molar refractivity (Wildman–Crippen MR) is 62.5 cm³/mol. The summed E-state index contributed by atoms with van der Waals surface area (Å²) in [6, 6.07) is 4.42. The quantitative estimate of drug-likeness (QED) is 0.581. The van der Waals surface area contributed by atoms with Crippen molar-refractivity contribution >= 4 is 40.0 Å². The first-order valence-corrected chi connectivity index (χ1v) is 5.18. The van der Waals surface area contributed by atoms with E-state index < -0.39 is 5.63 Å². The molecule has 82 valence electrons. The van der Waals surface area contributed by atoms with Gasteiger partial charge in [0.25, 0.3) is 0 Å². The van der Waals surface area contributed by atoms with Gasteiger partial charge in [-0.15, -0.1) is 0 Å².